The van der Waals surface area contributed by atoms with Crippen LogP contribution in [0.2, 0.25) is 0 Å². The molecule has 0 unspecified atom stereocenters. The molecule has 0 heterocycles. The summed E-state index contributed by atoms with van der Waals surface area (Å²) in [5, 5.41) is 3.50. The Morgan fingerprint density at radius 3 is 2.55 bits per heavy atom. The van der Waals surface area contributed by atoms with Crippen molar-refractivity contribution in [1.29, 1.82) is 0 Å². The second-order valence-electron chi connectivity index (χ2n) is 6.04. The van der Waals surface area contributed by atoms with Crippen LogP contribution in [0, 0.1) is 12.3 Å². The van der Waals surface area contributed by atoms with Crippen molar-refractivity contribution in [2.75, 3.05) is 13.1 Å². The Kier molecular flexibility index (Phi) is 6.75. The van der Waals surface area contributed by atoms with Gasteiger partial charge >= 0.3 is 0 Å². The van der Waals surface area contributed by atoms with Crippen molar-refractivity contribution in [2.45, 2.75) is 46.3 Å². The number of nitrogens with one attached hydrogen (secondary N) is 1. The monoisotopic (exact) mass is 336 g/mol. The van der Waals surface area contributed by atoms with Crippen molar-refractivity contribution in [3.63, 3.8) is 0 Å². The first-order chi connectivity index (χ1) is 9.35. The Bertz CT molecular complexity index is 469. The fourth-order valence-corrected chi connectivity index (χ4v) is 2.40. The predicted octanol–water partition coefficient (Wildman–Crippen LogP) is 3.79. The molecule has 0 aliphatic rings. The lowest BCUT2D eigenvalue weighted by Gasteiger charge is -2.21. The highest BCUT2D eigenvalue weighted by Gasteiger charge is 2.10. The third-order valence-corrected chi connectivity index (χ3v) is 3.83. The summed E-state index contributed by atoms with van der Waals surface area (Å²) in [6, 6.07) is 6.56. The molecule has 0 aromatic heterocycles. The molecular formula is C17H25BrN2. The summed E-state index contributed by atoms with van der Waals surface area (Å²) in [6.07, 6.45) is 5.39. The fraction of sp³-hybridized carbons (Fsp3) is 0.529. The number of terminal acetylenes is 1. The SMILES string of the molecule is C#CCN(CC)Cc1ccc(CNC(C)(C)C)cc1Br. The average Bonchev–Trinajstić information content (AvgIpc) is 2.37. The molecule has 0 radical (unpaired) electrons. The van der Waals surface area contributed by atoms with Crippen molar-refractivity contribution >= 4 is 15.9 Å². The summed E-state index contributed by atoms with van der Waals surface area (Å²) >= 11 is 3.67. The first-order valence-electron chi connectivity index (χ1n) is 7.04. The van der Waals surface area contributed by atoms with Crippen LogP contribution in [0.5, 0.6) is 0 Å². The van der Waals surface area contributed by atoms with E-state index in [1.54, 1.807) is 0 Å². The van der Waals surface area contributed by atoms with Gasteiger partial charge in [0.15, 0.2) is 0 Å². The molecule has 1 N–H and O–H groups in total. The van der Waals surface area contributed by atoms with Gasteiger partial charge in [-0.1, -0.05) is 40.9 Å². The molecule has 0 fully saturated rings. The minimum Gasteiger partial charge on any atom is -0.308 e. The van der Waals surface area contributed by atoms with Crippen LogP contribution in [0.1, 0.15) is 38.8 Å². The maximum atomic E-state index is 5.39. The molecule has 0 bridgehead atoms. The van der Waals surface area contributed by atoms with Gasteiger partial charge < -0.3 is 5.32 Å². The van der Waals surface area contributed by atoms with Crippen LogP contribution < -0.4 is 5.32 Å². The molecule has 110 valence electrons. The zero-order chi connectivity index (χ0) is 15.2. The summed E-state index contributed by atoms with van der Waals surface area (Å²) < 4.78 is 1.15. The van der Waals surface area contributed by atoms with Crippen molar-refractivity contribution < 1.29 is 0 Å². The summed E-state index contributed by atoms with van der Waals surface area (Å²) in [6.45, 7) is 12.1. The zero-order valence-electron chi connectivity index (χ0n) is 13.0. The van der Waals surface area contributed by atoms with E-state index in [-0.39, 0.29) is 5.54 Å². The minimum atomic E-state index is 0.136. The van der Waals surface area contributed by atoms with Gasteiger partial charge in [0.1, 0.15) is 0 Å². The second-order valence-corrected chi connectivity index (χ2v) is 6.89. The van der Waals surface area contributed by atoms with Crippen molar-refractivity contribution in [3.8, 4) is 12.3 Å². The Morgan fingerprint density at radius 2 is 2.05 bits per heavy atom. The normalized spacial score (nSPS) is 11.7. The maximum Gasteiger partial charge on any atom is 0.0601 e. The van der Waals surface area contributed by atoms with E-state index in [1.165, 1.54) is 11.1 Å². The Balaban J connectivity index is 2.70. The molecule has 0 saturated carbocycles. The van der Waals surface area contributed by atoms with Gasteiger partial charge in [-0.05, 0) is 44.5 Å². The number of halogens is 1. The number of hydrogen-bond acceptors (Lipinski definition) is 2. The van der Waals surface area contributed by atoms with Gasteiger partial charge in [0.2, 0.25) is 0 Å². The molecule has 0 aliphatic carbocycles. The Labute approximate surface area is 132 Å². The molecule has 0 spiro atoms. The molecule has 0 amide bonds. The van der Waals surface area contributed by atoms with E-state index >= 15 is 0 Å². The first-order valence-corrected chi connectivity index (χ1v) is 7.83. The van der Waals surface area contributed by atoms with Gasteiger partial charge in [-0.15, -0.1) is 6.42 Å². The molecular weight excluding hydrogens is 312 g/mol. The second kappa shape index (κ2) is 7.83. The predicted molar refractivity (Wildman–Crippen MR) is 90.5 cm³/mol. The molecule has 1 aromatic carbocycles. The molecule has 2 nitrogen and oxygen atoms in total. The standard InChI is InChI=1S/C17H25BrN2/c1-6-10-20(7-2)13-15-9-8-14(11-16(15)18)12-19-17(3,4)5/h1,8-9,11,19H,7,10,12-13H2,2-5H3. The highest BCUT2D eigenvalue weighted by Crippen LogP contribution is 2.20. The summed E-state index contributed by atoms with van der Waals surface area (Å²) in [4.78, 5) is 2.24. The highest BCUT2D eigenvalue weighted by atomic mass is 79.9. The van der Waals surface area contributed by atoms with Crippen LogP contribution in [0.25, 0.3) is 0 Å². The van der Waals surface area contributed by atoms with E-state index in [4.69, 9.17) is 6.42 Å². The lowest BCUT2D eigenvalue weighted by molar-refractivity contribution is 0.315. The van der Waals surface area contributed by atoms with Gasteiger partial charge in [-0.25, -0.2) is 0 Å². The number of hydrogen-bond donors (Lipinski definition) is 1. The summed E-state index contributed by atoms with van der Waals surface area (Å²) in [5.41, 5.74) is 2.70. The Hall–Kier alpha value is -0.820. The molecule has 0 aliphatic heterocycles. The summed E-state index contributed by atoms with van der Waals surface area (Å²) in [7, 11) is 0. The smallest absolute Gasteiger partial charge is 0.0601 e. The molecule has 1 rings (SSSR count). The minimum absolute atomic E-state index is 0.136. The van der Waals surface area contributed by atoms with E-state index in [1.807, 2.05) is 0 Å². The van der Waals surface area contributed by atoms with Crippen LogP contribution in [-0.4, -0.2) is 23.5 Å². The van der Waals surface area contributed by atoms with Gasteiger partial charge in [0.25, 0.3) is 0 Å². The highest BCUT2D eigenvalue weighted by molar-refractivity contribution is 9.10. The first kappa shape index (κ1) is 17.2. The third kappa shape index (κ3) is 6.09. The average molecular weight is 337 g/mol. The van der Waals surface area contributed by atoms with Gasteiger partial charge in [-0.3, -0.25) is 4.90 Å². The summed E-state index contributed by atoms with van der Waals surface area (Å²) in [5.74, 6) is 2.71. The number of nitrogens with zero attached hydrogens (tertiary/aromatic N) is 1. The largest absolute Gasteiger partial charge is 0.308 e. The fourth-order valence-electron chi connectivity index (χ4n) is 1.85. The van der Waals surface area contributed by atoms with Gasteiger partial charge in [0, 0.05) is 23.1 Å². The van der Waals surface area contributed by atoms with Crippen molar-refractivity contribution in [2.24, 2.45) is 0 Å². The molecule has 0 atom stereocenters. The van der Waals surface area contributed by atoms with E-state index in [9.17, 15) is 0 Å². The van der Waals surface area contributed by atoms with E-state index in [0.717, 1.165) is 24.1 Å². The lowest BCUT2D eigenvalue weighted by Crippen LogP contribution is -2.35. The Morgan fingerprint density at radius 1 is 1.35 bits per heavy atom. The molecule has 3 heteroatoms. The lowest BCUT2D eigenvalue weighted by atomic mass is 10.1. The van der Waals surface area contributed by atoms with E-state index in [0.29, 0.717) is 6.54 Å². The maximum absolute atomic E-state index is 5.39. The zero-order valence-corrected chi connectivity index (χ0v) is 14.5. The van der Waals surface area contributed by atoms with Crippen molar-refractivity contribution in [3.05, 3.63) is 33.8 Å². The van der Waals surface area contributed by atoms with Crippen LogP contribution in [0.3, 0.4) is 0 Å². The molecule has 20 heavy (non-hydrogen) atoms. The van der Waals surface area contributed by atoms with Gasteiger partial charge in [0.05, 0.1) is 6.54 Å². The third-order valence-electron chi connectivity index (χ3n) is 3.10. The van der Waals surface area contributed by atoms with E-state index in [2.05, 4.69) is 78.0 Å². The van der Waals surface area contributed by atoms with E-state index < -0.39 is 0 Å². The van der Waals surface area contributed by atoms with Crippen LogP contribution in [0.4, 0.5) is 0 Å². The quantitative estimate of drug-likeness (QED) is 0.795. The van der Waals surface area contributed by atoms with Crippen LogP contribution in [-0.2, 0) is 13.1 Å². The van der Waals surface area contributed by atoms with Crippen LogP contribution >= 0.6 is 15.9 Å². The molecule has 1 aromatic rings. The van der Waals surface area contributed by atoms with Gasteiger partial charge in [-0.2, -0.15) is 0 Å². The van der Waals surface area contributed by atoms with Crippen molar-refractivity contribution in [1.82, 2.24) is 10.2 Å². The number of benzene rings is 1. The molecule has 0 saturated heterocycles. The topological polar surface area (TPSA) is 15.3 Å². The van der Waals surface area contributed by atoms with Crippen LogP contribution in [0.15, 0.2) is 22.7 Å². The number of rotatable bonds is 6.